The molecule has 0 spiro atoms. The Balaban J connectivity index is 2.67. The van der Waals surface area contributed by atoms with Gasteiger partial charge in [0.15, 0.2) is 0 Å². The number of nitrogens with one attached hydrogen (secondary N) is 2. The van der Waals surface area contributed by atoms with E-state index in [9.17, 15) is 14.4 Å². The van der Waals surface area contributed by atoms with Crippen LogP contribution >= 0.6 is 0 Å². The number of hydrogen-bond donors (Lipinski definition) is 2. The molecule has 104 valence electrons. The largest absolute Gasteiger partial charge is 0.458 e. The topological polar surface area (TPSA) is 88.3 Å². The van der Waals surface area contributed by atoms with Crippen LogP contribution in [-0.4, -0.2) is 28.5 Å². The fourth-order valence-electron chi connectivity index (χ4n) is 1.31. The Labute approximate surface area is 111 Å². The molecule has 0 aliphatic carbocycles. The zero-order chi connectivity index (χ0) is 14.6. The van der Waals surface area contributed by atoms with Crippen LogP contribution in [-0.2, 0) is 9.53 Å². The Kier molecular flexibility index (Phi) is 4.47. The third kappa shape index (κ3) is 4.95. The third-order valence-corrected chi connectivity index (χ3v) is 2.15. The zero-order valence-electron chi connectivity index (χ0n) is 11.4. The summed E-state index contributed by atoms with van der Waals surface area (Å²) < 4.78 is 5.14. The first-order valence-electron chi connectivity index (χ1n) is 5.91. The summed E-state index contributed by atoms with van der Waals surface area (Å²) in [6.07, 6.45) is 1.37. The Bertz CT molecular complexity index is 528. The molecule has 0 unspecified atom stereocenters. The van der Waals surface area contributed by atoms with E-state index in [1.54, 1.807) is 20.8 Å². The van der Waals surface area contributed by atoms with Crippen molar-refractivity contribution in [2.24, 2.45) is 0 Å². The van der Waals surface area contributed by atoms with Gasteiger partial charge in [-0.05, 0) is 33.8 Å². The first-order chi connectivity index (χ1) is 8.69. The number of aromatic nitrogens is 1. The lowest BCUT2D eigenvalue weighted by Crippen LogP contribution is -2.42. The Morgan fingerprint density at radius 3 is 2.53 bits per heavy atom. The second-order valence-corrected chi connectivity index (χ2v) is 5.17. The molecule has 0 bridgehead atoms. The molecule has 0 fully saturated rings. The molecule has 0 aromatic carbocycles. The Morgan fingerprint density at radius 2 is 2.00 bits per heavy atom. The number of pyridine rings is 1. The molecule has 0 aliphatic rings. The predicted octanol–water partition coefficient (Wildman–Crippen LogP) is 0.835. The van der Waals surface area contributed by atoms with Crippen LogP contribution in [0.5, 0.6) is 0 Å². The van der Waals surface area contributed by atoms with Crippen molar-refractivity contribution >= 4 is 11.9 Å². The summed E-state index contributed by atoms with van der Waals surface area (Å²) in [7, 11) is 0. The second-order valence-electron chi connectivity index (χ2n) is 5.17. The molecule has 0 saturated heterocycles. The van der Waals surface area contributed by atoms with E-state index in [0.29, 0.717) is 0 Å². The zero-order valence-corrected chi connectivity index (χ0v) is 11.4. The van der Waals surface area contributed by atoms with Gasteiger partial charge in [0.2, 0.25) is 5.56 Å². The lowest BCUT2D eigenvalue weighted by Gasteiger charge is -2.22. The number of carbonyl (C=O) groups is 2. The van der Waals surface area contributed by atoms with E-state index in [1.807, 2.05) is 0 Å². The van der Waals surface area contributed by atoms with E-state index < -0.39 is 23.5 Å². The summed E-state index contributed by atoms with van der Waals surface area (Å²) in [6, 6.07) is 1.83. The van der Waals surface area contributed by atoms with Gasteiger partial charge < -0.3 is 15.0 Å². The Hall–Kier alpha value is -2.11. The van der Waals surface area contributed by atoms with Crippen molar-refractivity contribution in [2.75, 3.05) is 0 Å². The summed E-state index contributed by atoms with van der Waals surface area (Å²) >= 11 is 0. The molecule has 19 heavy (non-hydrogen) atoms. The van der Waals surface area contributed by atoms with Gasteiger partial charge in [-0.2, -0.15) is 0 Å². The maximum Gasteiger partial charge on any atom is 0.328 e. The standard InChI is InChI=1S/C13H18N2O4/c1-8(12(18)19-13(2,3)4)15-11(17)9-5-6-14-10(16)7-9/h5-8H,1-4H3,(H,14,16)(H,15,17)/t8-/m0/s1. The third-order valence-electron chi connectivity index (χ3n) is 2.15. The van der Waals surface area contributed by atoms with E-state index in [4.69, 9.17) is 4.74 Å². The number of amides is 1. The minimum Gasteiger partial charge on any atom is -0.458 e. The molecule has 0 saturated carbocycles. The smallest absolute Gasteiger partial charge is 0.328 e. The minimum atomic E-state index is -0.786. The summed E-state index contributed by atoms with van der Waals surface area (Å²) in [5.41, 5.74) is -0.795. The number of hydrogen-bond acceptors (Lipinski definition) is 4. The van der Waals surface area contributed by atoms with E-state index in [1.165, 1.54) is 19.2 Å². The van der Waals surface area contributed by atoms with Crippen LogP contribution in [0.15, 0.2) is 23.1 Å². The second kappa shape index (κ2) is 5.69. The van der Waals surface area contributed by atoms with Gasteiger partial charge >= 0.3 is 5.97 Å². The predicted molar refractivity (Wildman–Crippen MR) is 69.8 cm³/mol. The van der Waals surface area contributed by atoms with Crippen LogP contribution in [0, 0.1) is 0 Å². The van der Waals surface area contributed by atoms with Gasteiger partial charge in [-0.3, -0.25) is 9.59 Å². The highest BCUT2D eigenvalue weighted by atomic mass is 16.6. The van der Waals surface area contributed by atoms with Crippen molar-refractivity contribution in [2.45, 2.75) is 39.3 Å². The van der Waals surface area contributed by atoms with Crippen molar-refractivity contribution in [1.29, 1.82) is 0 Å². The number of ether oxygens (including phenoxy) is 1. The highest BCUT2D eigenvalue weighted by Crippen LogP contribution is 2.08. The molecule has 0 radical (unpaired) electrons. The minimum absolute atomic E-state index is 0.194. The highest BCUT2D eigenvalue weighted by Gasteiger charge is 2.23. The normalized spacial score (nSPS) is 12.6. The van der Waals surface area contributed by atoms with Crippen LogP contribution in [0.2, 0.25) is 0 Å². The van der Waals surface area contributed by atoms with Crippen LogP contribution < -0.4 is 10.9 Å². The molecule has 1 heterocycles. The van der Waals surface area contributed by atoms with Crippen molar-refractivity contribution in [1.82, 2.24) is 10.3 Å². The molecule has 0 aliphatic heterocycles. The van der Waals surface area contributed by atoms with Crippen LogP contribution in [0.1, 0.15) is 38.1 Å². The molecule has 6 nitrogen and oxygen atoms in total. The summed E-state index contributed by atoms with van der Waals surface area (Å²) in [5.74, 6) is -1.02. The number of esters is 1. The average Bonchev–Trinajstić information content (AvgIpc) is 2.26. The van der Waals surface area contributed by atoms with Crippen molar-refractivity contribution in [3.05, 3.63) is 34.2 Å². The van der Waals surface area contributed by atoms with Crippen molar-refractivity contribution in [3.8, 4) is 0 Å². The van der Waals surface area contributed by atoms with Gasteiger partial charge in [0.05, 0.1) is 0 Å². The molecule has 1 aromatic rings. The van der Waals surface area contributed by atoms with Gasteiger partial charge in [-0.25, -0.2) is 4.79 Å². The van der Waals surface area contributed by atoms with Crippen LogP contribution in [0.25, 0.3) is 0 Å². The molecule has 2 N–H and O–H groups in total. The fourth-order valence-corrected chi connectivity index (χ4v) is 1.31. The Morgan fingerprint density at radius 1 is 1.37 bits per heavy atom. The molecule has 1 aromatic heterocycles. The van der Waals surface area contributed by atoms with Gasteiger partial charge in [-0.15, -0.1) is 0 Å². The molecule has 1 amide bonds. The average molecular weight is 266 g/mol. The lowest BCUT2D eigenvalue weighted by atomic mass is 10.2. The molecular formula is C13H18N2O4. The summed E-state index contributed by atoms with van der Waals surface area (Å²) in [5, 5.41) is 2.48. The van der Waals surface area contributed by atoms with Gasteiger partial charge in [0.1, 0.15) is 11.6 Å². The van der Waals surface area contributed by atoms with Gasteiger partial charge in [0, 0.05) is 17.8 Å². The maximum atomic E-state index is 11.8. The number of rotatable bonds is 3. The van der Waals surface area contributed by atoms with E-state index in [0.717, 1.165) is 6.07 Å². The van der Waals surface area contributed by atoms with Crippen molar-refractivity contribution in [3.63, 3.8) is 0 Å². The van der Waals surface area contributed by atoms with Crippen LogP contribution in [0.4, 0.5) is 0 Å². The maximum absolute atomic E-state index is 11.8. The molecule has 1 rings (SSSR count). The molecule has 1 atom stereocenters. The molecule has 6 heteroatoms. The first-order valence-corrected chi connectivity index (χ1v) is 5.91. The lowest BCUT2D eigenvalue weighted by molar-refractivity contribution is -0.156. The van der Waals surface area contributed by atoms with E-state index in [-0.39, 0.29) is 11.1 Å². The monoisotopic (exact) mass is 266 g/mol. The SMILES string of the molecule is C[C@H](NC(=O)c1cc[nH]c(=O)c1)C(=O)OC(C)(C)C. The van der Waals surface area contributed by atoms with Gasteiger partial charge in [0.25, 0.3) is 5.91 Å². The quantitative estimate of drug-likeness (QED) is 0.793. The van der Waals surface area contributed by atoms with E-state index in [2.05, 4.69) is 10.3 Å². The van der Waals surface area contributed by atoms with E-state index >= 15 is 0 Å². The van der Waals surface area contributed by atoms with Crippen LogP contribution in [0.3, 0.4) is 0 Å². The molecular weight excluding hydrogens is 248 g/mol. The number of carbonyl (C=O) groups excluding carboxylic acids is 2. The van der Waals surface area contributed by atoms with Gasteiger partial charge in [-0.1, -0.05) is 0 Å². The fraction of sp³-hybridized carbons (Fsp3) is 0.462. The summed E-state index contributed by atoms with van der Waals surface area (Å²) in [6.45, 7) is 6.77. The van der Waals surface area contributed by atoms with Crippen molar-refractivity contribution < 1.29 is 14.3 Å². The number of aromatic amines is 1. The summed E-state index contributed by atoms with van der Waals surface area (Å²) in [4.78, 5) is 37.0. The number of H-pyrrole nitrogens is 1. The highest BCUT2D eigenvalue weighted by molar-refractivity contribution is 5.96. The first kappa shape index (κ1) is 14.9.